The maximum absolute atomic E-state index is 13.2. The minimum atomic E-state index is -0.959. The number of hydrogen-bond acceptors (Lipinski definition) is 6. The molecule has 0 bridgehead atoms. The summed E-state index contributed by atoms with van der Waals surface area (Å²) >= 11 is 0. The first-order valence-corrected chi connectivity index (χ1v) is 10.1. The Morgan fingerprint density at radius 3 is 2.24 bits per heavy atom. The number of carbonyl (C=O) groups is 2. The van der Waals surface area contributed by atoms with E-state index in [1.165, 1.54) is 36.3 Å². The van der Waals surface area contributed by atoms with Crippen molar-refractivity contribution < 1.29 is 24.4 Å². The number of nitro benzene ring substituents is 1. The Bertz CT molecular complexity index is 1280. The highest BCUT2D eigenvalue weighted by Crippen LogP contribution is 2.44. The molecule has 0 aromatic heterocycles. The third-order valence-electron chi connectivity index (χ3n) is 5.54. The fourth-order valence-corrected chi connectivity index (χ4v) is 3.89. The Labute approximate surface area is 189 Å². The number of nitrogens with zero attached hydrogens (tertiary/aromatic N) is 2. The lowest BCUT2D eigenvalue weighted by Gasteiger charge is -2.26. The van der Waals surface area contributed by atoms with Crippen molar-refractivity contribution in [3.63, 3.8) is 0 Å². The smallest absolute Gasteiger partial charge is 0.300 e. The maximum atomic E-state index is 13.2. The van der Waals surface area contributed by atoms with Crippen LogP contribution in [0.3, 0.4) is 0 Å². The lowest BCUT2D eigenvalue weighted by molar-refractivity contribution is -0.384. The fourth-order valence-electron chi connectivity index (χ4n) is 3.89. The van der Waals surface area contributed by atoms with Gasteiger partial charge in [-0.3, -0.25) is 24.6 Å². The van der Waals surface area contributed by atoms with Gasteiger partial charge in [-0.15, -0.1) is 0 Å². The van der Waals surface area contributed by atoms with Crippen LogP contribution in [-0.2, 0) is 9.59 Å². The van der Waals surface area contributed by atoms with Crippen LogP contribution in [0.15, 0.2) is 78.4 Å². The zero-order valence-electron chi connectivity index (χ0n) is 17.9. The molecule has 3 aromatic rings. The van der Waals surface area contributed by atoms with Crippen molar-refractivity contribution in [3.05, 3.63) is 105 Å². The Morgan fingerprint density at radius 2 is 1.64 bits per heavy atom. The van der Waals surface area contributed by atoms with Crippen molar-refractivity contribution in [2.24, 2.45) is 0 Å². The van der Waals surface area contributed by atoms with Crippen LogP contribution in [-0.4, -0.2) is 28.8 Å². The zero-order valence-corrected chi connectivity index (χ0v) is 17.9. The number of aliphatic hydroxyl groups excluding tert-OH is 1. The maximum Gasteiger partial charge on any atom is 0.300 e. The van der Waals surface area contributed by atoms with Crippen molar-refractivity contribution in [3.8, 4) is 5.75 Å². The van der Waals surface area contributed by atoms with Crippen molar-refractivity contribution in [2.75, 3.05) is 12.0 Å². The van der Waals surface area contributed by atoms with Gasteiger partial charge < -0.3 is 9.84 Å². The van der Waals surface area contributed by atoms with Gasteiger partial charge in [-0.25, -0.2) is 0 Å². The quantitative estimate of drug-likeness (QED) is 0.203. The van der Waals surface area contributed by atoms with Crippen molar-refractivity contribution in [2.45, 2.75) is 13.0 Å². The van der Waals surface area contributed by atoms with Crippen LogP contribution in [0.2, 0.25) is 0 Å². The van der Waals surface area contributed by atoms with Gasteiger partial charge in [0.2, 0.25) is 0 Å². The molecule has 1 fully saturated rings. The highest BCUT2D eigenvalue weighted by molar-refractivity contribution is 6.51. The minimum Gasteiger partial charge on any atom is -0.507 e. The number of para-hydroxylation sites is 1. The zero-order chi connectivity index (χ0) is 23.7. The third kappa shape index (κ3) is 3.82. The number of aryl methyl sites for hydroxylation is 1. The van der Waals surface area contributed by atoms with E-state index in [0.717, 1.165) is 5.56 Å². The first-order valence-electron chi connectivity index (χ1n) is 10.1. The van der Waals surface area contributed by atoms with E-state index in [1.807, 2.05) is 19.1 Å². The molecule has 0 saturated carbocycles. The summed E-state index contributed by atoms with van der Waals surface area (Å²) in [5, 5.41) is 22.1. The van der Waals surface area contributed by atoms with Crippen LogP contribution < -0.4 is 9.64 Å². The normalized spacial score (nSPS) is 17.3. The number of anilines is 1. The van der Waals surface area contributed by atoms with E-state index in [0.29, 0.717) is 17.0 Å². The number of methoxy groups -OCH3 is 1. The first-order chi connectivity index (χ1) is 15.8. The van der Waals surface area contributed by atoms with E-state index in [1.54, 1.807) is 36.4 Å². The third-order valence-corrected chi connectivity index (χ3v) is 5.54. The average Bonchev–Trinajstić information content (AvgIpc) is 3.09. The summed E-state index contributed by atoms with van der Waals surface area (Å²) in [7, 11) is 1.48. The van der Waals surface area contributed by atoms with Gasteiger partial charge >= 0.3 is 0 Å². The van der Waals surface area contributed by atoms with Crippen LogP contribution >= 0.6 is 0 Å². The minimum absolute atomic E-state index is 0.126. The molecule has 33 heavy (non-hydrogen) atoms. The number of aliphatic hydroxyl groups is 1. The van der Waals surface area contributed by atoms with Crippen LogP contribution in [0, 0.1) is 17.0 Å². The number of hydrogen-bond donors (Lipinski definition) is 1. The largest absolute Gasteiger partial charge is 0.507 e. The molecule has 1 unspecified atom stereocenters. The highest BCUT2D eigenvalue weighted by Gasteiger charge is 2.47. The lowest BCUT2D eigenvalue weighted by Crippen LogP contribution is -2.29. The molecule has 1 amide bonds. The summed E-state index contributed by atoms with van der Waals surface area (Å²) in [4.78, 5) is 38.1. The summed E-state index contributed by atoms with van der Waals surface area (Å²) in [6.07, 6.45) is 0. The number of ketones is 1. The summed E-state index contributed by atoms with van der Waals surface area (Å²) in [6, 6.07) is 18.2. The second-order valence-corrected chi connectivity index (χ2v) is 7.55. The second kappa shape index (κ2) is 8.58. The van der Waals surface area contributed by atoms with Crippen LogP contribution in [0.25, 0.3) is 5.76 Å². The molecule has 4 rings (SSSR count). The molecular formula is C25H20N2O6. The molecule has 1 aliphatic rings. The van der Waals surface area contributed by atoms with E-state index >= 15 is 0 Å². The Morgan fingerprint density at radius 1 is 1.00 bits per heavy atom. The number of benzene rings is 3. The van der Waals surface area contributed by atoms with Gasteiger partial charge in [0, 0.05) is 28.9 Å². The first kappa shape index (κ1) is 21.8. The van der Waals surface area contributed by atoms with E-state index < -0.39 is 28.4 Å². The molecule has 1 aliphatic heterocycles. The molecule has 3 aromatic carbocycles. The summed E-state index contributed by atoms with van der Waals surface area (Å²) < 4.78 is 5.48. The monoisotopic (exact) mass is 444 g/mol. The Kier molecular flexibility index (Phi) is 5.66. The number of rotatable bonds is 5. The topological polar surface area (TPSA) is 110 Å². The van der Waals surface area contributed by atoms with E-state index in [2.05, 4.69) is 0 Å². The van der Waals surface area contributed by atoms with E-state index in [-0.39, 0.29) is 16.8 Å². The van der Waals surface area contributed by atoms with Gasteiger partial charge in [0.25, 0.3) is 17.4 Å². The van der Waals surface area contributed by atoms with Gasteiger partial charge in [-0.2, -0.15) is 0 Å². The molecular weight excluding hydrogens is 424 g/mol. The number of amides is 1. The van der Waals surface area contributed by atoms with Crippen molar-refractivity contribution in [1.29, 1.82) is 0 Å². The number of nitro groups is 1. The fraction of sp³-hybridized carbons (Fsp3) is 0.120. The molecule has 1 heterocycles. The number of non-ortho nitro benzene ring substituents is 1. The van der Waals surface area contributed by atoms with Gasteiger partial charge in [0.15, 0.2) is 0 Å². The molecule has 1 N–H and O–H groups in total. The SMILES string of the molecule is COc1ccccc1C1/C(=C(\O)c2ccc([N+](=O)[O-])cc2)C(=O)C(=O)N1c1ccc(C)cc1. The second-order valence-electron chi connectivity index (χ2n) is 7.55. The molecule has 8 nitrogen and oxygen atoms in total. The molecule has 1 saturated heterocycles. The van der Waals surface area contributed by atoms with Crippen LogP contribution in [0.5, 0.6) is 5.75 Å². The average molecular weight is 444 g/mol. The standard InChI is InChI=1S/C25H20N2O6/c1-15-7-11-17(12-8-15)26-22(19-5-3-4-6-20(19)33-2)21(24(29)25(26)30)23(28)16-9-13-18(14-10-16)27(31)32/h3-14,22,28H,1-2H3/b23-21+. The predicted molar refractivity (Wildman–Crippen MR) is 122 cm³/mol. The van der Waals surface area contributed by atoms with Crippen molar-refractivity contribution >= 4 is 28.8 Å². The van der Waals surface area contributed by atoms with Gasteiger partial charge in [0.1, 0.15) is 11.5 Å². The van der Waals surface area contributed by atoms with Gasteiger partial charge in [0.05, 0.1) is 23.6 Å². The predicted octanol–water partition coefficient (Wildman–Crippen LogP) is 4.54. The number of ether oxygens (including phenoxy) is 1. The summed E-state index contributed by atoms with van der Waals surface area (Å²) in [5.74, 6) is -1.63. The van der Waals surface area contributed by atoms with Crippen molar-refractivity contribution in [1.82, 2.24) is 0 Å². The van der Waals surface area contributed by atoms with E-state index in [9.17, 15) is 24.8 Å². The Balaban J connectivity index is 1.95. The number of carbonyl (C=O) groups excluding carboxylic acids is 2. The van der Waals surface area contributed by atoms with Gasteiger partial charge in [-0.05, 0) is 37.3 Å². The summed E-state index contributed by atoms with van der Waals surface area (Å²) in [6.45, 7) is 1.91. The summed E-state index contributed by atoms with van der Waals surface area (Å²) in [5.41, 5.74) is 1.88. The molecule has 0 aliphatic carbocycles. The van der Waals surface area contributed by atoms with Crippen LogP contribution in [0.1, 0.15) is 22.7 Å². The molecule has 8 heteroatoms. The Hall–Kier alpha value is -4.46. The molecule has 0 spiro atoms. The lowest BCUT2D eigenvalue weighted by atomic mass is 9.94. The number of Topliss-reactive ketones (excluding diaryl/α,β-unsaturated/α-hetero) is 1. The van der Waals surface area contributed by atoms with E-state index in [4.69, 9.17) is 4.74 Å². The van der Waals surface area contributed by atoms with Crippen LogP contribution in [0.4, 0.5) is 11.4 Å². The van der Waals surface area contributed by atoms with Gasteiger partial charge in [-0.1, -0.05) is 35.9 Å². The molecule has 1 atom stereocenters. The highest BCUT2D eigenvalue weighted by atomic mass is 16.6. The molecule has 166 valence electrons. The molecule has 0 radical (unpaired) electrons.